The lowest BCUT2D eigenvalue weighted by molar-refractivity contribution is 0.0697. The Bertz CT molecular complexity index is 695. The number of aryl methyl sites for hydroxylation is 1. The van der Waals surface area contributed by atoms with Crippen LogP contribution < -0.4 is 0 Å². The largest absolute Gasteiger partial charge is 0.478 e. The van der Waals surface area contributed by atoms with Crippen molar-refractivity contribution in [3.8, 4) is 5.69 Å². The number of benzene rings is 1. The topological polar surface area (TPSA) is 55.1 Å². The lowest BCUT2D eigenvalue weighted by Gasteiger charge is -2.08. The Morgan fingerprint density at radius 1 is 1.25 bits per heavy atom. The first-order chi connectivity index (χ1) is 9.58. The summed E-state index contributed by atoms with van der Waals surface area (Å²) in [6.45, 7) is 0. The van der Waals surface area contributed by atoms with Crippen LogP contribution in [0.2, 0.25) is 10.2 Å². The number of carboxylic acids is 1. The maximum absolute atomic E-state index is 11.1. The number of carbonyl (C=O) groups is 1. The van der Waals surface area contributed by atoms with Gasteiger partial charge in [0.25, 0.3) is 0 Å². The molecular formula is C14H12Cl2N2O2. The molecule has 0 atom stereocenters. The molecule has 1 aromatic heterocycles. The number of rotatable bonds is 2. The van der Waals surface area contributed by atoms with Crippen molar-refractivity contribution in [1.82, 2.24) is 9.78 Å². The van der Waals surface area contributed by atoms with Crippen LogP contribution in [0, 0.1) is 0 Å². The van der Waals surface area contributed by atoms with Crippen molar-refractivity contribution in [3.05, 3.63) is 45.2 Å². The lowest BCUT2D eigenvalue weighted by atomic mass is 9.99. The number of hydrogen-bond donors (Lipinski definition) is 1. The van der Waals surface area contributed by atoms with Crippen LogP contribution in [0.3, 0.4) is 0 Å². The van der Waals surface area contributed by atoms with Crippen LogP contribution in [-0.2, 0) is 12.8 Å². The van der Waals surface area contributed by atoms with Crippen LogP contribution in [-0.4, -0.2) is 20.9 Å². The number of fused-ring (bicyclic) bond motifs is 1. The van der Waals surface area contributed by atoms with E-state index in [1.54, 1.807) is 16.8 Å². The SMILES string of the molecule is O=C(O)c1cc(-n2nc3c(c2Cl)CCCC3)ccc1Cl. The van der Waals surface area contributed by atoms with Crippen LogP contribution in [0.4, 0.5) is 0 Å². The van der Waals surface area contributed by atoms with E-state index in [1.165, 1.54) is 6.07 Å². The summed E-state index contributed by atoms with van der Waals surface area (Å²) in [4.78, 5) is 11.1. The fraction of sp³-hybridized carbons (Fsp3) is 0.286. The standard InChI is InChI=1S/C14H12Cl2N2O2/c15-11-6-5-8(7-10(11)14(19)20)18-13(16)9-3-1-2-4-12(9)17-18/h5-7H,1-4H2,(H,19,20). The molecule has 6 heteroatoms. The number of aromatic nitrogens is 2. The fourth-order valence-electron chi connectivity index (χ4n) is 2.49. The lowest BCUT2D eigenvalue weighted by Crippen LogP contribution is -2.03. The van der Waals surface area contributed by atoms with Crippen molar-refractivity contribution in [2.45, 2.75) is 25.7 Å². The molecule has 0 radical (unpaired) electrons. The fourth-order valence-corrected chi connectivity index (χ4v) is 3.03. The Balaban J connectivity index is 2.12. The van der Waals surface area contributed by atoms with Crippen molar-refractivity contribution < 1.29 is 9.90 Å². The van der Waals surface area contributed by atoms with E-state index >= 15 is 0 Å². The first-order valence-corrected chi connectivity index (χ1v) is 7.13. The van der Waals surface area contributed by atoms with Gasteiger partial charge in [-0.25, -0.2) is 9.48 Å². The Hall–Kier alpha value is -1.52. The molecule has 0 aliphatic heterocycles. The molecule has 0 fully saturated rings. The van der Waals surface area contributed by atoms with Crippen LogP contribution in [0.5, 0.6) is 0 Å². The van der Waals surface area contributed by atoms with E-state index in [1.807, 2.05) is 0 Å². The van der Waals surface area contributed by atoms with E-state index < -0.39 is 5.97 Å². The van der Waals surface area contributed by atoms with Gasteiger partial charge in [0.2, 0.25) is 0 Å². The van der Waals surface area contributed by atoms with Gasteiger partial charge >= 0.3 is 5.97 Å². The predicted octanol–water partition coefficient (Wildman–Crippen LogP) is 3.76. The Morgan fingerprint density at radius 2 is 2.00 bits per heavy atom. The quantitative estimate of drug-likeness (QED) is 0.919. The third kappa shape index (κ3) is 2.19. The zero-order chi connectivity index (χ0) is 14.3. The van der Waals surface area contributed by atoms with Gasteiger partial charge in [-0.05, 0) is 43.9 Å². The molecule has 0 bridgehead atoms. The predicted molar refractivity (Wildman–Crippen MR) is 77.2 cm³/mol. The highest BCUT2D eigenvalue weighted by molar-refractivity contribution is 6.33. The molecule has 0 amide bonds. The molecule has 1 aliphatic rings. The maximum atomic E-state index is 11.1. The highest BCUT2D eigenvalue weighted by Crippen LogP contribution is 2.30. The smallest absolute Gasteiger partial charge is 0.337 e. The van der Waals surface area contributed by atoms with Gasteiger partial charge in [0.15, 0.2) is 0 Å². The molecule has 0 saturated heterocycles. The van der Waals surface area contributed by atoms with Crippen molar-refractivity contribution in [3.63, 3.8) is 0 Å². The summed E-state index contributed by atoms with van der Waals surface area (Å²) in [6.07, 6.45) is 4.07. The molecule has 1 aromatic carbocycles. The molecule has 20 heavy (non-hydrogen) atoms. The summed E-state index contributed by atoms with van der Waals surface area (Å²) >= 11 is 12.2. The van der Waals surface area contributed by atoms with Crippen molar-refractivity contribution >= 4 is 29.2 Å². The van der Waals surface area contributed by atoms with Gasteiger partial charge in [-0.2, -0.15) is 5.10 Å². The first-order valence-electron chi connectivity index (χ1n) is 6.37. The van der Waals surface area contributed by atoms with Gasteiger partial charge in [0.1, 0.15) is 5.15 Å². The van der Waals surface area contributed by atoms with E-state index in [2.05, 4.69) is 5.10 Å². The molecule has 0 spiro atoms. The molecule has 1 aliphatic carbocycles. The number of hydrogen-bond acceptors (Lipinski definition) is 2. The molecule has 104 valence electrons. The number of carboxylic acid groups (broad SMARTS) is 1. The summed E-state index contributed by atoms with van der Waals surface area (Å²) in [5.41, 5.74) is 2.75. The van der Waals surface area contributed by atoms with Crippen LogP contribution in [0.15, 0.2) is 18.2 Å². The molecule has 0 unspecified atom stereocenters. The molecule has 1 heterocycles. The molecule has 1 N–H and O–H groups in total. The van der Waals surface area contributed by atoms with Gasteiger partial charge in [0.05, 0.1) is 22.0 Å². The Kier molecular flexibility index (Phi) is 3.44. The first kappa shape index (κ1) is 13.5. The second-order valence-electron chi connectivity index (χ2n) is 4.80. The minimum Gasteiger partial charge on any atom is -0.478 e. The summed E-state index contributed by atoms with van der Waals surface area (Å²) in [5.74, 6) is -1.06. The van der Waals surface area contributed by atoms with Crippen molar-refractivity contribution in [2.24, 2.45) is 0 Å². The summed E-state index contributed by atoms with van der Waals surface area (Å²) in [6, 6.07) is 4.77. The second-order valence-corrected chi connectivity index (χ2v) is 5.57. The van der Waals surface area contributed by atoms with Gasteiger partial charge in [-0.1, -0.05) is 23.2 Å². The second kappa shape index (κ2) is 5.11. The monoisotopic (exact) mass is 310 g/mol. The van der Waals surface area contributed by atoms with Gasteiger partial charge in [-0.15, -0.1) is 0 Å². The van der Waals surface area contributed by atoms with Crippen molar-refractivity contribution in [1.29, 1.82) is 0 Å². The van der Waals surface area contributed by atoms with Crippen LogP contribution in [0.1, 0.15) is 34.5 Å². The van der Waals surface area contributed by atoms with E-state index in [4.69, 9.17) is 28.3 Å². The van der Waals surface area contributed by atoms with E-state index in [0.717, 1.165) is 36.9 Å². The zero-order valence-corrected chi connectivity index (χ0v) is 12.1. The molecular weight excluding hydrogens is 299 g/mol. The molecule has 4 nitrogen and oxygen atoms in total. The Morgan fingerprint density at radius 3 is 2.70 bits per heavy atom. The summed E-state index contributed by atoms with van der Waals surface area (Å²) < 4.78 is 1.60. The molecule has 0 saturated carbocycles. The number of nitrogens with zero attached hydrogens (tertiary/aromatic N) is 2. The highest BCUT2D eigenvalue weighted by Gasteiger charge is 2.21. The third-order valence-corrected chi connectivity index (χ3v) is 4.24. The van der Waals surface area contributed by atoms with Gasteiger partial charge in [-0.3, -0.25) is 0 Å². The highest BCUT2D eigenvalue weighted by atomic mass is 35.5. The third-order valence-electron chi connectivity index (χ3n) is 3.52. The van der Waals surface area contributed by atoms with Gasteiger partial charge < -0.3 is 5.11 Å². The average Bonchev–Trinajstić information content (AvgIpc) is 2.77. The minimum atomic E-state index is -1.06. The van der Waals surface area contributed by atoms with Gasteiger partial charge in [0, 0.05) is 5.56 Å². The summed E-state index contributed by atoms with van der Waals surface area (Å²) in [7, 11) is 0. The molecule has 2 aromatic rings. The Labute approximate surface area is 125 Å². The maximum Gasteiger partial charge on any atom is 0.337 e. The van der Waals surface area contributed by atoms with Crippen LogP contribution >= 0.6 is 23.2 Å². The van der Waals surface area contributed by atoms with E-state index in [0.29, 0.717) is 10.8 Å². The summed E-state index contributed by atoms with van der Waals surface area (Å²) in [5, 5.41) is 14.4. The normalized spacial score (nSPS) is 14.1. The van der Waals surface area contributed by atoms with Crippen LogP contribution in [0.25, 0.3) is 5.69 Å². The number of aromatic carboxylic acids is 1. The average molecular weight is 311 g/mol. The van der Waals surface area contributed by atoms with E-state index in [9.17, 15) is 4.79 Å². The molecule has 3 rings (SSSR count). The zero-order valence-electron chi connectivity index (χ0n) is 10.6. The van der Waals surface area contributed by atoms with Crippen molar-refractivity contribution in [2.75, 3.05) is 0 Å². The minimum absolute atomic E-state index is 0.0497. The number of halogens is 2. The van der Waals surface area contributed by atoms with E-state index in [-0.39, 0.29) is 10.6 Å².